The third-order valence-electron chi connectivity index (χ3n) is 4.64. The lowest BCUT2D eigenvalue weighted by molar-refractivity contribution is 0.0688. The summed E-state index contributed by atoms with van der Waals surface area (Å²) in [6, 6.07) is 16.8. The van der Waals surface area contributed by atoms with E-state index in [1.54, 1.807) is 16.8 Å². The van der Waals surface area contributed by atoms with Crippen molar-refractivity contribution in [2.45, 2.75) is 13.0 Å². The zero-order valence-corrected chi connectivity index (χ0v) is 16.4. The molecule has 1 aliphatic heterocycles. The van der Waals surface area contributed by atoms with Gasteiger partial charge in [0.05, 0.1) is 11.4 Å². The maximum Gasteiger partial charge on any atom is 0.356 e. The number of halogens is 1. The van der Waals surface area contributed by atoms with Crippen LogP contribution in [0.1, 0.15) is 21.7 Å². The second-order valence-corrected chi connectivity index (χ2v) is 7.26. The molecule has 1 aromatic heterocycles. The van der Waals surface area contributed by atoms with Crippen LogP contribution in [0.25, 0.3) is 5.69 Å². The van der Waals surface area contributed by atoms with E-state index in [9.17, 15) is 9.90 Å². The summed E-state index contributed by atoms with van der Waals surface area (Å²) in [7, 11) is 0. The van der Waals surface area contributed by atoms with Crippen LogP contribution < -0.4 is 5.32 Å². The molecule has 2 N–H and O–H groups in total. The lowest BCUT2D eigenvalue weighted by atomic mass is 10.1. The van der Waals surface area contributed by atoms with E-state index in [-0.39, 0.29) is 5.69 Å². The van der Waals surface area contributed by atoms with Crippen LogP contribution in [0.3, 0.4) is 0 Å². The number of hydrogen-bond donors (Lipinski definition) is 2. The Kier molecular flexibility index (Phi) is 5.02. The van der Waals surface area contributed by atoms with Gasteiger partial charge < -0.3 is 15.3 Å². The summed E-state index contributed by atoms with van der Waals surface area (Å²) >= 11 is 11.5. The first kappa shape index (κ1) is 18.5. The predicted molar refractivity (Wildman–Crippen MR) is 112 cm³/mol. The summed E-state index contributed by atoms with van der Waals surface area (Å²) in [4.78, 5) is 13.7. The van der Waals surface area contributed by atoms with E-state index in [0.717, 1.165) is 17.1 Å². The van der Waals surface area contributed by atoms with Crippen LogP contribution in [0.2, 0.25) is 5.02 Å². The maximum atomic E-state index is 11.8. The van der Waals surface area contributed by atoms with Gasteiger partial charge in [-0.2, -0.15) is 5.10 Å². The van der Waals surface area contributed by atoms with Gasteiger partial charge in [-0.3, -0.25) is 0 Å². The highest BCUT2D eigenvalue weighted by atomic mass is 35.5. The van der Waals surface area contributed by atoms with E-state index in [1.807, 2.05) is 47.4 Å². The molecule has 0 amide bonds. The molecule has 0 fully saturated rings. The van der Waals surface area contributed by atoms with Crippen molar-refractivity contribution in [1.29, 1.82) is 0 Å². The summed E-state index contributed by atoms with van der Waals surface area (Å²) < 4.78 is 1.69. The summed E-state index contributed by atoms with van der Waals surface area (Å²) in [6.45, 7) is 1.06. The highest BCUT2D eigenvalue weighted by molar-refractivity contribution is 7.80. The number of carboxylic acids is 1. The van der Waals surface area contributed by atoms with Gasteiger partial charge in [-0.25, -0.2) is 9.48 Å². The number of carboxylic acid groups (broad SMARTS) is 1. The smallest absolute Gasteiger partial charge is 0.356 e. The van der Waals surface area contributed by atoms with Crippen LogP contribution in [0.15, 0.2) is 54.6 Å². The van der Waals surface area contributed by atoms with E-state index in [0.29, 0.717) is 35.2 Å². The average Bonchev–Trinajstić information content (AvgIpc) is 3.08. The first-order valence-corrected chi connectivity index (χ1v) is 9.52. The molecule has 28 heavy (non-hydrogen) atoms. The first-order chi connectivity index (χ1) is 13.5. The van der Waals surface area contributed by atoms with Crippen molar-refractivity contribution in [3.63, 3.8) is 0 Å². The average molecular weight is 413 g/mol. The summed E-state index contributed by atoms with van der Waals surface area (Å²) in [6.07, 6.45) is 0.634. The molecule has 0 saturated heterocycles. The summed E-state index contributed by atoms with van der Waals surface area (Å²) in [5, 5.41) is 18.4. The van der Waals surface area contributed by atoms with Gasteiger partial charge >= 0.3 is 5.97 Å². The van der Waals surface area contributed by atoms with E-state index in [1.165, 1.54) is 0 Å². The lowest BCUT2D eigenvalue weighted by Crippen LogP contribution is -2.39. The molecular weight excluding hydrogens is 396 g/mol. The molecule has 2 aromatic carbocycles. The highest BCUT2D eigenvalue weighted by Gasteiger charge is 2.29. The quantitative estimate of drug-likeness (QED) is 0.634. The number of rotatable bonds is 3. The molecule has 4 rings (SSSR count). The molecule has 1 aliphatic rings. The number of fused-ring (bicyclic) bond motifs is 1. The van der Waals surface area contributed by atoms with Gasteiger partial charge in [-0.1, -0.05) is 29.8 Å². The molecule has 6 nitrogen and oxygen atoms in total. The van der Waals surface area contributed by atoms with E-state index < -0.39 is 5.97 Å². The second kappa shape index (κ2) is 7.61. The van der Waals surface area contributed by atoms with Gasteiger partial charge in [0.1, 0.15) is 0 Å². The zero-order valence-electron chi connectivity index (χ0n) is 14.8. The fraction of sp³-hybridized carbons (Fsp3) is 0.150. The maximum absolute atomic E-state index is 11.8. The van der Waals surface area contributed by atoms with Gasteiger partial charge in [0.25, 0.3) is 0 Å². The van der Waals surface area contributed by atoms with Gasteiger partial charge in [0, 0.05) is 35.8 Å². The minimum absolute atomic E-state index is 0.0529. The zero-order chi connectivity index (χ0) is 19.7. The molecule has 0 unspecified atom stereocenters. The number of thiocarbonyl (C=S) groups is 1. The number of hydrogen-bond acceptors (Lipinski definition) is 3. The molecule has 3 aromatic rings. The van der Waals surface area contributed by atoms with Crippen LogP contribution in [-0.4, -0.2) is 37.4 Å². The third kappa shape index (κ3) is 3.58. The fourth-order valence-electron chi connectivity index (χ4n) is 3.28. The van der Waals surface area contributed by atoms with Crippen molar-refractivity contribution in [3.8, 4) is 5.69 Å². The number of aromatic nitrogens is 2. The Morgan fingerprint density at radius 1 is 1.14 bits per heavy atom. The van der Waals surface area contributed by atoms with Crippen molar-refractivity contribution in [2.75, 3.05) is 11.9 Å². The van der Waals surface area contributed by atoms with Crippen LogP contribution in [0.5, 0.6) is 0 Å². The molecule has 142 valence electrons. The van der Waals surface area contributed by atoms with Gasteiger partial charge in [-0.05, 0) is 48.6 Å². The Bertz CT molecular complexity index is 1030. The van der Waals surface area contributed by atoms with Crippen molar-refractivity contribution < 1.29 is 9.90 Å². The standard InChI is InChI=1S/C20H17ClN4O2S/c21-13-6-8-15(9-7-13)25-17-10-11-24(12-16(17)18(23-25)19(26)27)20(28)22-14-4-2-1-3-5-14/h1-9H,10-12H2,(H,22,28)(H,26,27). The summed E-state index contributed by atoms with van der Waals surface area (Å²) in [5.41, 5.74) is 3.31. The molecule has 0 saturated carbocycles. The van der Waals surface area contributed by atoms with Crippen LogP contribution in [0, 0.1) is 0 Å². The predicted octanol–water partition coefficient (Wildman–Crippen LogP) is 3.98. The number of anilines is 1. The molecule has 0 radical (unpaired) electrons. The van der Waals surface area contributed by atoms with Crippen molar-refractivity contribution in [1.82, 2.24) is 14.7 Å². The van der Waals surface area contributed by atoms with Crippen molar-refractivity contribution in [2.24, 2.45) is 0 Å². The van der Waals surface area contributed by atoms with E-state index in [2.05, 4.69) is 10.4 Å². The first-order valence-electron chi connectivity index (χ1n) is 8.74. The molecular formula is C20H17ClN4O2S. The minimum atomic E-state index is -1.05. The molecule has 0 atom stereocenters. The largest absolute Gasteiger partial charge is 0.476 e. The number of aromatic carboxylic acids is 1. The van der Waals surface area contributed by atoms with Crippen LogP contribution in [0.4, 0.5) is 5.69 Å². The number of benzene rings is 2. The van der Waals surface area contributed by atoms with E-state index in [4.69, 9.17) is 23.8 Å². The molecule has 2 heterocycles. The van der Waals surface area contributed by atoms with Crippen LogP contribution >= 0.6 is 23.8 Å². The van der Waals surface area contributed by atoms with Gasteiger partial charge in [0.15, 0.2) is 10.8 Å². The van der Waals surface area contributed by atoms with E-state index >= 15 is 0 Å². The topological polar surface area (TPSA) is 70.4 Å². The van der Waals surface area contributed by atoms with Gasteiger partial charge in [0.2, 0.25) is 0 Å². The van der Waals surface area contributed by atoms with Crippen LogP contribution in [-0.2, 0) is 13.0 Å². The summed E-state index contributed by atoms with van der Waals surface area (Å²) in [5.74, 6) is -1.05. The normalized spacial score (nSPS) is 13.1. The Morgan fingerprint density at radius 2 is 1.86 bits per heavy atom. The van der Waals surface area contributed by atoms with Gasteiger partial charge in [-0.15, -0.1) is 0 Å². The number of nitrogens with zero attached hydrogens (tertiary/aromatic N) is 3. The SMILES string of the molecule is O=C(O)c1nn(-c2ccc(Cl)cc2)c2c1CN(C(=S)Nc1ccccc1)CC2. The lowest BCUT2D eigenvalue weighted by Gasteiger charge is -2.30. The Labute approximate surface area is 172 Å². The Morgan fingerprint density at radius 3 is 2.54 bits per heavy atom. The number of para-hydroxylation sites is 1. The van der Waals surface area contributed by atoms with Crippen molar-refractivity contribution >= 4 is 40.6 Å². The fourth-order valence-corrected chi connectivity index (χ4v) is 3.68. The third-order valence-corrected chi connectivity index (χ3v) is 5.26. The second-order valence-electron chi connectivity index (χ2n) is 6.43. The Balaban J connectivity index is 1.63. The molecule has 0 aliphatic carbocycles. The number of nitrogens with one attached hydrogen (secondary N) is 1. The highest BCUT2D eigenvalue weighted by Crippen LogP contribution is 2.26. The molecule has 0 bridgehead atoms. The monoisotopic (exact) mass is 412 g/mol. The van der Waals surface area contributed by atoms with Crippen molar-refractivity contribution in [3.05, 3.63) is 76.6 Å². The number of carbonyl (C=O) groups is 1. The molecule has 0 spiro atoms. The Hall–Kier alpha value is -2.90. The molecule has 8 heteroatoms. The minimum Gasteiger partial charge on any atom is -0.476 e.